The second-order valence-electron chi connectivity index (χ2n) is 9.03. The van der Waals surface area contributed by atoms with Gasteiger partial charge in [0, 0.05) is 29.2 Å². The van der Waals surface area contributed by atoms with E-state index in [0.717, 1.165) is 11.3 Å². The van der Waals surface area contributed by atoms with Gasteiger partial charge in [0.25, 0.3) is 0 Å². The lowest BCUT2D eigenvalue weighted by molar-refractivity contribution is -0.158. The molecule has 0 saturated heterocycles. The fourth-order valence-electron chi connectivity index (χ4n) is 3.34. The van der Waals surface area contributed by atoms with E-state index in [1.54, 1.807) is 6.92 Å². The molecule has 34 heavy (non-hydrogen) atoms. The van der Waals surface area contributed by atoms with Gasteiger partial charge in [-0.1, -0.05) is 53.1 Å². The van der Waals surface area contributed by atoms with Crippen LogP contribution in [0.3, 0.4) is 0 Å². The molecule has 0 radical (unpaired) electrons. The maximum Gasteiger partial charge on any atom is 0.355 e. The number of hydrogen-bond donors (Lipinski definition) is 2. The van der Waals surface area contributed by atoms with E-state index in [0.29, 0.717) is 6.42 Å². The largest absolute Gasteiger partial charge is 0.476 e. The SMILES string of the molecule is CC[C@H](C)[C@H](N=[N+]=[N-])C(=O)N(COC(=O)CC(C)C)[C@H](C[C@@H](O)c1nc(C(=O)O)cs1)C(C)C. The molecule has 4 atom stereocenters. The number of aromatic nitrogens is 1. The van der Waals surface area contributed by atoms with Gasteiger partial charge in [-0.25, -0.2) is 9.78 Å². The molecule has 1 heterocycles. The number of aliphatic hydroxyl groups excluding tert-OH is 1. The third kappa shape index (κ3) is 8.58. The standard InChI is InChI=1S/C22H35N5O6S/c1-7-14(6)19(25-26-23)21(30)27(11-33-18(29)8-12(2)3)16(13(4)5)9-17(28)20-24-15(10-34-20)22(31)32/h10,12-14,16-17,19,28H,7-9,11H2,1-6H3,(H,31,32)/t14-,16+,17+,19-/m0/s1. The molecule has 2 N–H and O–H groups in total. The topological polar surface area (TPSA) is 166 Å². The van der Waals surface area contributed by atoms with Crippen LogP contribution in [-0.4, -0.2) is 56.8 Å². The number of ether oxygens (including phenoxy) is 1. The Bertz CT molecular complexity index is 883. The number of carbonyl (C=O) groups excluding carboxylic acids is 2. The molecular formula is C22H35N5O6S. The van der Waals surface area contributed by atoms with E-state index < -0.39 is 36.0 Å². The average Bonchev–Trinajstić information content (AvgIpc) is 3.26. The smallest absolute Gasteiger partial charge is 0.355 e. The first-order valence-corrected chi connectivity index (χ1v) is 12.2. The van der Waals surface area contributed by atoms with Crippen LogP contribution in [0.5, 0.6) is 0 Å². The van der Waals surface area contributed by atoms with Crippen LogP contribution in [0.25, 0.3) is 10.4 Å². The minimum absolute atomic E-state index is 0.0290. The van der Waals surface area contributed by atoms with Crippen LogP contribution < -0.4 is 0 Å². The van der Waals surface area contributed by atoms with Crippen molar-refractivity contribution in [1.29, 1.82) is 0 Å². The summed E-state index contributed by atoms with van der Waals surface area (Å²) in [7, 11) is 0. The van der Waals surface area contributed by atoms with Gasteiger partial charge in [-0.05, 0) is 23.3 Å². The van der Waals surface area contributed by atoms with Crippen molar-refractivity contribution in [2.24, 2.45) is 22.9 Å². The zero-order valence-electron chi connectivity index (χ0n) is 20.5. The summed E-state index contributed by atoms with van der Waals surface area (Å²) in [5.41, 5.74) is 8.85. The maximum atomic E-state index is 13.5. The number of carboxylic acid groups (broad SMARTS) is 1. The van der Waals surface area contributed by atoms with E-state index in [4.69, 9.17) is 15.4 Å². The van der Waals surface area contributed by atoms with Crippen LogP contribution in [0, 0.1) is 17.8 Å². The van der Waals surface area contributed by atoms with Crippen LogP contribution >= 0.6 is 11.3 Å². The molecule has 0 fully saturated rings. The van der Waals surface area contributed by atoms with Crippen molar-refractivity contribution in [2.75, 3.05) is 6.73 Å². The molecule has 11 nitrogen and oxygen atoms in total. The molecule has 0 unspecified atom stereocenters. The predicted molar refractivity (Wildman–Crippen MR) is 127 cm³/mol. The van der Waals surface area contributed by atoms with Gasteiger partial charge in [0.05, 0.1) is 0 Å². The number of carboxylic acids is 1. The Labute approximate surface area is 203 Å². The van der Waals surface area contributed by atoms with E-state index in [1.807, 2.05) is 34.6 Å². The second kappa shape index (κ2) is 13.9. The number of esters is 1. The van der Waals surface area contributed by atoms with Crippen molar-refractivity contribution in [2.45, 2.75) is 79.0 Å². The van der Waals surface area contributed by atoms with Crippen molar-refractivity contribution in [3.8, 4) is 0 Å². The molecule has 190 valence electrons. The Balaban J connectivity index is 3.27. The number of aliphatic hydroxyl groups is 1. The van der Waals surface area contributed by atoms with Crippen molar-refractivity contribution < 1.29 is 29.3 Å². The maximum absolute atomic E-state index is 13.5. The number of amides is 1. The highest BCUT2D eigenvalue weighted by Gasteiger charge is 2.35. The molecule has 1 amide bonds. The van der Waals surface area contributed by atoms with Gasteiger partial charge in [0.1, 0.15) is 17.2 Å². The first kappa shape index (κ1) is 29.3. The summed E-state index contributed by atoms with van der Waals surface area (Å²) >= 11 is 1.01. The molecule has 1 aromatic heterocycles. The van der Waals surface area contributed by atoms with Crippen molar-refractivity contribution >= 4 is 29.2 Å². The lowest BCUT2D eigenvalue weighted by atomic mass is 9.93. The molecule has 0 aliphatic rings. The van der Waals surface area contributed by atoms with E-state index in [9.17, 15) is 19.5 Å². The number of aromatic carboxylic acids is 1. The third-order valence-electron chi connectivity index (χ3n) is 5.50. The fraction of sp³-hybridized carbons (Fsp3) is 0.727. The lowest BCUT2D eigenvalue weighted by Crippen LogP contribution is -2.50. The first-order chi connectivity index (χ1) is 15.9. The minimum Gasteiger partial charge on any atom is -0.476 e. The summed E-state index contributed by atoms with van der Waals surface area (Å²) in [5, 5.41) is 25.1. The van der Waals surface area contributed by atoms with Gasteiger partial charge in [0.2, 0.25) is 5.91 Å². The predicted octanol–water partition coefficient (Wildman–Crippen LogP) is 4.39. The Morgan fingerprint density at radius 2 is 1.91 bits per heavy atom. The highest BCUT2D eigenvalue weighted by molar-refractivity contribution is 7.09. The molecular weight excluding hydrogens is 462 g/mol. The summed E-state index contributed by atoms with van der Waals surface area (Å²) in [5.74, 6) is -2.53. The zero-order valence-corrected chi connectivity index (χ0v) is 21.4. The average molecular weight is 498 g/mol. The minimum atomic E-state index is -1.20. The Morgan fingerprint density at radius 1 is 1.26 bits per heavy atom. The van der Waals surface area contributed by atoms with Crippen LogP contribution in [-0.2, 0) is 14.3 Å². The normalized spacial score (nSPS) is 14.7. The summed E-state index contributed by atoms with van der Waals surface area (Å²) in [6.07, 6.45) is -0.350. The summed E-state index contributed by atoms with van der Waals surface area (Å²) in [6, 6.07) is -1.61. The third-order valence-corrected chi connectivity index (χ3v) is 6.44. The molecule has 0 aliphatic heterocycles. The van der Waals surface area contributed by atoms with Gasteiger partial charge < -0.3 is 19.8 Å². The second-order valence-corrected chi connectivity index (χ2v) is 9.92. The molecule has 0 aromatic carbocycles. The number of nitrogens with zero attached hydrogens (tertiary/aromatic N) is 5. The van der Waals surface area contributed by atoms with Crippen molar-refractivity contribution in [1.82, 2.24) is 9.88 Å². The Hall–Kier alpha value is -2.69. The lowest BCUT2D eigenvalue weighted by Gasteiger charge is -2.37. The molecule has 0 saturated carbocycles. The number of rotatable bonds is 14. The molecule has 0 bridgehead atoms. The van der Waals surface area contributed by atoms with E-state index in [-0.39, 0.29) is 48.0 Å². The van der Waals surface area contributed by atoms with Gasteiger partial charge >= 0.3 is 11.9 Å². The fourth-order valence-corrected chi connectivity index (χ4v) is 4.13. The summed E-state index contributed by atoms with van der Waals surface area (Å²) in [4.78, 5) is 45.0. The first-order valence-electron chi connectivity index (χ1n) is 11.3. The Morgan fingerprint density at radius 3 is 2.38 bits per heavy atom. The number of azide groups is 1. The van der Waals surface area contributed by atoms with E-state index >= 15 is 0 Å². The monoisotopic (exact) mass is 497 g/mol. The van der Waals surface area contributed by atoms with Crippen LogP contribution in [0.4, 0.5) is 0 Å². The molecule has 1 aromatic rings. The zero-order chi connectivity index (χ0) is 26.0. The molecule has 0 aliphatic carbocycles. The highest BCUT2D eigenvalue weighted by atomic mass is 32.1. The van der Waals surface area contributed by atoms with Gasteiger partial charge in [-0.15, -0.1) is 11.3 Å². The van der Waals surface area contributed by atoms with Crippen molar-refractivity contribution in [3.05, 3.63) is 26.5 Å². The highest BCUT2D eigenvalue weighted by Crippen LogP contribution is 2.29. The van der Waals surface area contributed by atoms with Crippen molar-refractivity contribution in [3.63, 3.8) is 0 Å². The summed E-state index contributed by atoms with van der Waals surface area (Å²) < 4.78 is 5.39. The number of thiazole rings is 1. The van der Waals surface area contributed by atoms with Crippen LogP contribution in [0.15, 0.2) is 10.5 Å². The number of hydrogen-bond acceptors (Lipinski definition) is 8. The number of carbonyl (C=O) groups is 3. The molecule has 0 spiro atoms. The van der Waals surface area contributed by atoms with Gasteiger partial charge in [0.15, 0.2) is 12.4 Å². The van der Waals surface area contributed by atoms with E-state index in [1.165, 1.54) is 10.3 Å². The van der Waals surface area contributed by atoms with Crippen LogP contribution in [0.2, 0.25) is 0 Å². The quantitative estimate of drug-likeness (QED) is 0.126. The molecule has 1 rings (SSSR count). The Kier molecular flexibility index (Phi) is 12.0. The van der Waals surface area contributed by atoms with E-state index in [2.05, 4.69) is 15.0 Å². The molecule has 12 heteroatoms. The van der Waals surface area contributed by atoms with Crippen LogP contribution in [0.1, 0.15) is 82.4 Å². The van der Waals surface area contributed by atoms with Gasteiger partial charge in [-0.2, -0.15) is 0 Å². The van der Waals surface area contributed by atoms with Gasteiger partial charge in [-0.3, -0.25) is 9.59 Å². The summed E-state index contributed by atoms with van der Waals surface area (Å²) in [6.45, 7) is 10.8.